The van der Waals surface area contributed by atoms with Crippen LogP contribution in [0.15, 0.2) is 54.6 Å². The van der Waals surface area contributed by atoms with Gasteiger partial charge in [-0.25, -0.2) is 4.39 Å². The SMILES string of the molecule is CC(NC=O)c1ccc(C#CC2CCN(CCCCC(=O)N3CCC(c4ccc(NC5CCC(=O)NC5=O)cc4F)CC3)CC2)c2ccccc12. The highest BCUT2D eigenvalue weighted by Gasteiger charge is 2.28. The first-order valence-electron chi connectivity index (χ1n) is 18.4. The molecule has 268 valence electrons. The van der Waals surface area contributed by atoms with Gasteiger partial charge < -0.3 is 20.4 Å². The minimum atomic E-state index is -0.555. The van der Waals surface area contributed by atoms with Crippen LogP contribution in [0, 0.1) is 23.6 Å². The third kappa shape index (κ3) is 9.14. The molecular formula is C41H48FN5O4. The lowest BCUT2D eigenvalue weighted by Crippen LogP contribution is -2.47. The van der Waals surface area contributed by atoms with Crippen LogP contribution in [0.3, 0.4) is 0 Å². The van der Waals surface area contributed by atoms with Crippen molar-refractivity contribution in [2.24, 2.45) is 5.92 Å². The molecule has 4 amide bonds. The van der Waals surface area contributed by atoms with Crippen molar-refractivity contribution in [3.05, 3.63) is 77.1 Å². The number of rotatable bonds is 11. The number of nitrogens with zero attached hydrogens (tertiary/aromatic N) is 2. The van der Waals surface area contributed by atoms with Crippen molar-refractivity contribution in [1.82, 2.24) is 20.4 Å². The molecule has 51 heavy (non-hydrogen) atoms. The van der Waals surface area contributed by atoms with Crippen LogP contribution in [0.5, 0.6) is 0 Å². The van der Waals surface area contributed by atoms with E-state index in [-0.39, 0.29) is 41.9 Å². The van der Waals surface area contributed by atoms with Gasteiger partial charge in [-0.2, -0.15) is 0 Å². The lowest BCUT2D eigenvalue weighted by Gasteiger charge is -2.33. The van der Waals surface area contributed by atoms with Crippen molar-refractivity contribution in [3.63, 3.8) is 0 Å². The molecule has 3 aromatic rings. The first-order valence-corrected chi connectivity index (χ1v) is 18.4. The van der Waals surface area contributed by atoms with Crippen LogP contribution in [0.2, 0.25) is 0 Å². The molecule has 3 heterocycles. The monoisotopic (exact) mass is 693 g/mol. The molecule has 0 aromatic heterocycles. The van der Waals surface area contributed by atoms with Crippen LogP contribution < -0.4 is 16.0 Å². The van der Waals surface area contributed by atoms with Crippen molar-refractivity contribution in [3.8, 4) is 11.8 Å². The summed E-state index contributed by atoms with van der Waals surface area (Å²) in [6.07, 6.45) is 7.29. The lowest BCUT2D eigenvalue weighted by atomic mass is 9.88. The summed E-state index contributed by atoms with van der Waals surface area (Å²) in [4.78, 5) is 51.8. The first-order chi connectivity index (χ1) is 24.8. The van der Waals surface area contributed by atoms with E-state index in [4.69, 9.17) is 0 Å². The molecule has 2 atom stereocenters. The molecule has 0 saturated carbocycles. The molecule has 3 aliphatic heterocycles. The zero-order valence-corrected chi connectivity index (χ0v) is 29.4. The standard InChI is InChI=1S/C41H48FN5O4/c1-28(43-27-48)33-13-11-30(34-6-2-3-7-36(33)34)10-9-29-17-22-46(23-18-29)21-5-4-8-40(50)47-24-19-31(20-25-47)35-14-12-32(26-37(35)42)44-38-15-16-39(49)45-41(38)51/h2-3,6-7,11-14,26-29,31,38,44H,4-5,8,15-25H2,1H3,(H,43,48)(H,45,49,51). The molecule has 0 radical (unpaired) electrons. The number of hydrogen-bond acceptors (Lipinski definition) is 6. The molecule has 0 aliphatic carbocycles. The van der Waals surface area contributed by atoms with E-state index in [1.807, 2.05) is 24.0 Å². The van der Waals surface area contributed by atoms with Crippen molar-refractivity contribution < 1.29 is 23.6 Å². The molecule has 9 nitrogen and oxygen atoms in total. The number of hydrogen-bond donors (Lipinski definition) is 3. The Morgan fingerprint density at radius 1 is 0.980 bits per heavy atom. The number of amides is 4. The highest BCUT2D eigenvalue weighted by Crippen LogP contribution is 2.32. The second kappa shape index (κ2) is 17.0. The molecule has 10 heteroatoms. The fourth-order valence-corrected chi connectivity index (χ4v) is 7.67. The summed E-state index contributed by atoms with van der Waals surface area (Å²) in [5.41, 5.74) is 3.27. The fourth-order valence-electron chi connectivity index (χ4n) is 7.67. The number of anilines is 1. The number of halogens is 1. The predicted octanol–water partition coefficient (Wildman–Crippen LogP) is 5.64. The highest BCUT2D eigenvalue weighted by molar-refractivity contribution is 6.01. The Balaban J connectivity index is 0.889. The smallest absolute Gasteiger partial charge is 0.249 e. The van der Waals surface area contributed by atoms with Crippen LogP contribution in [0.4, 0.5) is 10.1 Å². The zero-order valence-electron chi connectivity index (χ0n) is 29.4. The number of benzene rings is 3. The average Bonchev–Trinajstić information content (AvgIpc) is 3.14. The van der Waals surface area contributed by atoms with Gasteiger partial charge in [0, 0.05) is 43.1 Å². The number of imide groups is 1. The van der Waals surface area contributed by atoms with E-state index in [1.165, 1.54) is 6.07 Å². The number of carbonyl (C=O) groups is 4. The van der Waals surface area contributed by atoms with Gasteiger partial charge in [0.05, 0.1) is 6.04 Å². The molecule has 0 bridgehead atoms. The van der Waals surface area contributed by atoms with Gasteiger partial charge in [-0.3, -0.25) is 24.5 Å². The zero-order chi connectivity index (χ0) is 35.7. The second-order valence-electron chi connectivity index (χ2n) is 14.1. The van der Waals surface area contributed by atoms with Gasteiger partial charge in [0.15, 0.2) is 0 Å². The second-order valence-corrected chi connectivity index (χ2v) is 14.1. The minimum absolute atomic E-state index is 0.0480. The normalized spacial score (nSPS) is 19.6. The number of unbranched alkanes of at least 4 members (excludes halogenated alkanes) is 1. The summed E-state index contributed by atoms with van der Waals surface area (Å²) in [5.74, 6) is 6.60. The Morgan fingerprint density at radius 2 is 1.75 bits per heavy atom. The molecule has 3 fully saturated rings. The average molecular weight is 694 g/mol. The molecule has 0 spiro atoms. The van der Waals surface area contributed by atoms with E-state index in [0.29, 0.717) is 43.1 Å². The topological polar surface area (TPSA) is 111 Å². The summed E-state index contributed by atoms with van der Waals surface area (Å²) in [6.45, 7) is 6.26. The molecule has 2 unspecified atom stereocenters. The Kier molecular flexibility index (Phi) is 12.0. The quantitative estimate of drug-likeness (QED) is 0.104. The van der Waals surface area contributed by atoms with Gasteiger partial charge in [0.25, 0.3) is 0 Å². The van der Waals surface area contributed by atoms with Gasteiger partial charge in [-0.1, -0.05) is 48.2 Å². The van der Waals surface area contributed by atoms with Crippen LogP contribution in [0.1, 0.15) is 93.4 Å². The first kappa shape index (κ1) is 36.1. The summed E-state index contributed by atoms with van der Waals surface area (Å²) in [6, 6.07) is 16.7. The Hall–Kier alpha value is -4.75. The van der Waals surface area contributed by atoms with E-state index in [2.05, 4.69) is 57.0 Å². The van der Waals surface area contributed by atoms with Crippen LogP contribution in [-0.2, 0) is 19.2 Å². The van der Waals surface area contributed by atoms with Gasteiger partial charge in [-0.05, 0) is 118 Å². The highest BCUT2D eigenvalue weighted by atomic mass is 19.1. The maximum atomic E-state index is 15.1. The number of piperidine rings is 3. The molecule has 3 aliphatic rings. The largest absolute Gasteiger partial charge is 0.374 e. The summed E-state index contributed by atoms with van der Waals surface area (Å²) >= 11 is 0. The Bertz CT molecular complexity index is 1800. The van der Waals surface area contributed by atoms with Crippen molar-refractivity contribution in [2.45, 2.75) is 82.7 Å². The molecule has 3 saturated heterocycles. The summed E-state index contributed by atoms with van der Waals surface area (Å²) < 4.78 is 15.1. The van der Waals surface area contributed by atoms with E-state index in [0.717, 1.165) is 86.5 Å². The van der Waals surface area contributed by atoms with Crippen LogP contribution >= 0.6 is 0 Å². The molecule has 3 N–H and O–H groups in total. The third-order valence-corrected chi connectivity index (χ3v) is 10.7. The minimum Gasteiger partial charge on any atom is -0.374 e. The third-order valence-electron chi connectivity index (χ3n) is 10.7. The molecular weight excluding hydrogens is 645 g/mol. The van der Waals surface area contributed by atoms with Gasteiger partial charge in [0.1, 0.15) is 11.9 Å². The van der Waals surface area contributed by atoms with Gasteiger partial charge >= 0.3 is 0 Å². The van der Waals surface area contributed by atoms with Crippen molar-refractivity contribution in [1.29, 1.82) is 0 Å². The number of fused-ring (bicyclic) bond motifs is 1. The maximum absolute atomic E-state index is 15.1. The van der Waals surface area contributed by atoms with Gasteiger partial charge in [-0.15, -0.1) is 0 Å². The maximum Gasteiger partial charge on any atom is 0.249 e. The van der Waals surface area contributed by atoms with Crippen LogP contribution in [-0.4, -0.2) is 72.7 Å². The number of carbonyl (C=O) groups excluding carboxylic acids is 4. The lowest BCUT2D eigenvalue weighted by molar-refractivity contribution is -0.134. The number of likely N-dealkylation sites (tertiary alicyclic amines) is 2. The van der Waals surface area contributed by atoms with E-state index in [9.17, 15) is 19.2 Å². The van der Waals surface area contributed by atoms with Gasteiger partial charge in [0.2, 0.25) is 24.1 Å². The number of nitrogens with one attached hydrogen (secondary N) is 3. The predicted molar refractivity (Wildman–Crippen MR) is 196 cm³/mol. The summed E-state index contributed by atoms with van der Waals surface area (Å²) in [7, 11) is 0. The van der Waals surface area contributed by atoms with E-state index >= 15 is 4.39 Å². The summed E-state index contributed by atoms with van der Waals surface area (Å²) in [5, 5.41) is 10.4. The van der Waals surface area contributed by atoms with E-state index < -0.39 is 6.04 Å². The van der Waals surface area contributed by atoms with Crippen molar-refractivity contribution in [2.75, 3.05) is 38.0 Å². The molecule has 6 rings (SSSR count). The van der Waals surface area contributed by atoms with Crippen LogP contribution in [0.25, 0.3) is 10.8 Å². The Morgan fingerprint density at radius 3 is 2.47 bits per heavy atom. The van der Waals surface area contributed by atoms with Crippen molar-refractivity contribution >= 4 is 40.6 Å². The Labute approximate surface area is 299 Å². The molecule has 3 aromatic carbocycles. The van der Waals surface area contributed by atoms with E-state index in [1.54, 1.807) is 12.1 Å². The fraction of sp³-hybridized carbons (Fsp3) is 0.463.